The van der Waals surface area contributed by atoms with Gasteiger partial charge in [-0.15, -0.1) is 0 Å². The highest BCUT2D eigenvalue weighted by molar-refractivity contribution is 5.95. The van der Waals surface area contributed by atoms with E-state index in [2.05, 4.69) is 20.7 Å². The van der Waals surface area contributed by atoms with Crippen LogP contribution in [0.25, 0.3) is 11.3 Å². The number of hydrogen-bond acceptors (Lipinski definition) is 3. The highest BCUT2D eigenvalue weighted by Crippen LogP contribution is 2.18. The summed E-state index contributed by atoms with van der Waals surface area (Å²) in [7, 11) is 0. The van der Waals surface area contributed by atoms with E-state index < -0.39 is 0 Å². The Morgan fingerprint density at radius 3 is 2.45 bits per heavy atom. The van der Waals surface area contributed by atoms with E-state index in [4.69, 9.17) is 0 Å². The average Bonchev–Trinajstić information content (AvgIpc) is 3.05. The Morgan fingerprint density at radius 2 is 1.73 bits per heavy atom. The zero-order valence-corrected chi connectivity index (χ0v) is 11.7. The number of carbonyl (C=O) groups is 1. The first-order chi connectivity index (χ1) is 10.8. The third-order valence-electron chi connectivity index (χ3n) is 3.14. The van der Waals surface area contributed by atoms with Crippen LogP contribution in [0.4, 0.5) is 0 Å². The SMILES string of the molecule is O=C(NN=Cc1cn[nH]c1-c1ccccc1)c1ccccc1. The van der Waals surface area contributed by atoms with Gasteiger partial charge in [0.2, 0.25) is 0 Å². The molecule has 0 saturated carbocycles. The van der Waals surface area contributed by atoms with Crippen LogP contribution in [0.3, 0.4) is 0 Å². The van der Waals surface area contributed by atoms with Gasteiger partial charge < -0.3 is 0 Å². The first kappa shape index (κ1) is 13.8. The average molecular weight is 290 g/mol. The smallest absolute Gasteiger partial charge is 0.271 e. The highest BCUT2D eigenvalue weighted by Gasteiger charge is 2.06. The molecular weight excluding hydrogens is 276 g/mol. The molecule has 0 bridgehead atoms. The van der Waals surface area contributed by atoms with Gasteiger partial charge >= 0.3 is 0 Å². The van der Waals surface area contributed by atoms with Crippen molar-refractivity contribution in [2.75, 3.05) is 0 Å². The van der Waals surface area contributed by atoms with Gasteiger partial charge in [-0.3, -0.25) is 9.89 Å². The Bertz CT molecular complexity index is 779. The Morgan fingerprint density at radius 1 is 1.05 bits per heavy atom. The Hall–Kier alpha value is -3.21. The molecule has 0 aliphatic rings. The normalized spacial score (nSPS) is 10.7. The lowest BCUT2D eigenvalue weighted by Gasteiger charge is -2.00. The Kier molecular flexibility index (Phi) is 4.06. The van der Waals surface area contributed by atoms with E-state index in [0.29, 0.717) is 5.56 Å². The molecule has 108 valence electrons. The van der Waals surface area contributed by atoms with Gasteiger partial charge in [-0.1, -0.05) is 48.5 Å². The van der Waals surface area contributed by atoms with Crippen LogP contribution in [0.5, 0.6) is 0 Å². The Balaban J connectivity index is 1.72. The van der Waals surface area contributed by atoms with Crippen molar-refractivity contribution < 1.29 is 4.79 Å². The maximum absolute atomic E-state index is 11.9. The van der Waals surface area contributed by atoms with E-state index in [-0.39, 0.29) is 5.91 Å². The molecule has 2 N–H and O–H groups in total. The van der Waals surface area contributed by atoms with Crippen molar-refractivity contribution in [1.29, 1.82) is 0 Å². The van der Waals surface area contributed by atoms with Crippen LogP contribution in [0.1, 0.15) is 15.9 Å². The van der Waals surface area contributed by atoms with Crippen molar-refractivity contribution >= 4 is 12.1 Å². The minimum absolute atomic E-state index is 0.249. The molecule has 5 nitrogen and oxygen atoms in total. The lowest BCUT2D eigenvalue weighted by Crippen LogP contribution is -2.17. The lowest BCUT2D eigenvalue weighted by atomic mass is 10.1. The van der Waals surface area contributed by atoms with Crippen LogP contribution >= 0.6 is 0 Å². The molecular formula is C17H14N4O. The molecule has 3 aromatic rings. The number of amides is 1. The van der Waals surface area contributed by atoms with Gasteiger partial charge in [-0.25, -0.2) is 5.43 Å². The summed E-state index contributed by atoms with van der Waals surface area (Å²) in [6.07, 6.45) is 3.24. The van der Waals surface area contributed by atoms with Crippen molar-refractivity contribution in [2.24, 2.45) is 5.10 Å². The summed E-state index contributed by atoms with van der Waals surface area (Å²) >= 11 is 0. The summed E-state index contributed by atoms with van der Waals surface area (Å²) in [4.78, 5) is 11.9. The molecule has 2 aromatic carbocycles. The van der Waals surface area contributed by atoms with Crippen LogP contribution in [-0.4, -0.2) is 22.3 Å². The summed E-state index contributed by atoms with van der Waals surface area (Å²) < 4.78 is 0. The number of aromatic nitrogens is 2. The molecule has 0 radical (unpaired) electrons. The molecule has 1 aromatic heterocycles. The molecule has 22 heavy (non-hydrogen) atoms. The van der Waals surface area contributed by atoms with Crippen LogP contribution in [0.2, 0.25) is 0 Å². The van der Waals surface area contributed by atoms with E-state index in [1.807, 2.05) is 48.5 Å². The second-order valence-electron chi connectivity index (χ2n) is 4.63. The van der Waals surface area contributed by atoms with E-state index in [9.17, 15) is 4.79 Å². The van der Waals surface area contributed by atoms with Gasteiger partial charge in [0.05, 0.1) is 18.1 Å². The number of aromatic amines is 1. The van der Waals surface area contributed by atoms with E-state index in [1.54, 1.807) is 24.5 Å². The summed E-state index contributed by atoms with van der Waals surface area (Å²) in [5.74, 6) is -0.249. The summed E-state index contributed by atoms with van der Waals surface area (Å²) in [6.45, 7) is 0. The standard InChI is InChI=1S/C17H14N4O/c22-17(14-9-5-2-6-10-14)21-19-12-15-11-18-20-16(15)13-7-3-1-4-8-13/h1-12H,(H,18,20)(H,21,22). The van der Waals surface area contributed by atoms with Gasteiger partial charge in [0, 0.05) is 16.7 Å². The van der Waals surface area contributed by atoms with Gasteiger partial charge in [0.15, 0.2) is 0 Å². The maximum Gasteiger partial charge on any atom is 0.271 e. The third-order valence-corrected chi connectivity index (χ3v) is 3.14. The van der Waals surface area contributed by atoms with Crippen molar-refractivity contribution in [3.63, 3.8) is 0 Å². The fourth-order valence-corrected chi connectivity index (χ4v) is 2.04. The van der Waals surface area contributed by atoms with Crippen molar-refractivity contribution in [1.82, 2.24) is 15.6 Å². The molecule has 0 atom stereocenters. The second-order valence-corrected chi connectivity index (χ2v) is 4.63. The topological polar surface area (TPSA) is 70.1 Å². The van der Waals surface area contributed by atoms with Crippen molar-refractivity contribution in [3.8, 4) is 11.3 Å². The number of hydrazone groups is 1. The molecule has 1 heterocycles. The summed E-state index contributed by atoms with van der Waals surface area (Å²) in [5, 5.41) is 11.0. The lowest BCUT2D eigenvalue weighted by molar-refractivity contribution is 0.0955. The molecule has 1 amide bonds. The summed E-state index contributed by atoms with van der Waals surface area (Å²) in [6, 6.07) is 18.8. The molecule has 5 heteroatoms. The monoisotopic (exact) mass is 290 g/mol. The molecule has 0 spiro atoms. The molecule has 0 aliphatic carbocycles. The van der Waals surface area contributed by atoms with E-state index >= 15 is 0 Å². The largest absolute Gasteiger partial charge is 0.277 e. The predicted molar refractivity (Wildman–Crippen MR) is 85.5 cm³/mol. The number of H-pyrrole nitrogens is 1. The quantitative estimate of drug-likeness (QED) is 0.573. The Labute approximate surface area is 127 Å². The number of carbonyl (C=O) groups excluding carboxylic acids is 1. The number of rotatable bonds is 4. The molecule has 3 rings (SSSR count). The first-order valence-corrected chi connectivity index (χ1v) is 6.82. The van der Waals surface area contributed by atoms with Crippen LogP contribution in [0, 0.1) is 0 Å². The van der Waals surface area contributed by atoms with Crippen LogP contribution in [0.15, 0.2) is 72.0 Å². The van der Waals surface area contributed by atoms with Crippen molar-refractivity contribution in [2.45, 2.75) is 0 Å². The zero-order chi connectivity index (χ0) is 15.2. The maximum atomic E-state index is 11.9. The van der Waals surface area contributed by atoms with Gasteiger partial charge in [0.1, 0.15) is 0 Å². The number of nitrogens with one attached hydrogen (secondary N) is 2. The van der Waals surface area contributed by atoms with Crippen LogP contribution in [-0.2, 0) is 0 Å². The number of nitrogens with zero attached hydrogens (tertiary/aromatic N) is 2. The van der Waals surface area contributed by atoms with E-state index in [0.717, 1.165) is 16.8 Å². The highest BCUT2D eigenvalue weighted by atomic mass is 16.2. The van der Waals surface area contributed by atoms with Crippen molar-refractivity contribution in [3.05, 3.63) is 78.0 Å². The fraction of sp³-hybridized carbons (Fsp3) is 0. The zero-order valence-electron chi connectivity index (χ0n) is 11.7. The molecule has 0 unspecified atom stereocenters. The van der Waals surface area contributed by atoms with Crippen LogP contribution < -0.4 is 5.43 Å². The van der Waals surface area contributed by atoms with Gasteiger partial charge in [-0.2, -0.15) is 10.2 Å². The van der Waals surface area contributed by atoms with E-state index in [1.165, 1.54) is 0 Å². The number of hydrogen-bond donors (Lipinski definition) is 2. The van der Waals surface area contributed by atoms with Gasteiger partial charge in [-0.05, 0) is 12.1 Å². The molecule has 0 aliphatic heterocycles. The first-order valence-electron chi connectivity index (χ1n) is 6.82. The predicted octanol–water partition coefficient (Wildman–Crippen LogP) is 2.84. The van der Waals surface area contributed by atoms with Gasteiger partial charge in [0.25, 0.3) is 5.91 Å². The fourth-order valence-electron chi connectivity index (χ4n) is 2.04. The third kappa shape index (κ3) is 3.09. The molecule has 0 fully saturated rings. The molecule has 0 saturated heterocycles. The summed E-state index contributed by atoms with van der Waals surface area (Å²) in [5.41, 5.74) is 5.74. The number of benzene rings is 2. The minimum Gasteiger partial charge on any atom is -0.277 e. The minimum atomic E-state index is -0.249. The second kappa shape index (κ2) is 6.49.